The Morgan fingerprint density at radius 1 is 0.893 bits per heavy atom. The van der Waals surface area contributed by atoms with E-state index in [1.165, 1.54) is 18.3 Å². The molecule has 0 unspecified atom stereocenters. The molecule has 3 aromatic rings. The molecular weight excluding hydrogens is 381 g/mol. The Balaban J connectivity index is 1.59. The summed E-state index contributed by atoms with van der Waals surface area (Å²) in [5.74, 6) is -1.10. The first-order valence-corrected chi connectivity index (χ1v) is 8.65. The van der Waals surface area contributed by atoms with Gasteiger partial charge in [-0.3, -0.25) is 9.59 Å². The van der Waals surface area contributed by atoms with Crippen molar-refractivity contribution in [3.8, 4) is 0 Å². The van der Waals surface area contributed by atoms with Crippen molar-refractivity contribution in [3.63, 3.8) is 0 Å². The molecule has 0 aromatic heterocycles. The summed E-state index contributed by atoms with van der Waals surface area (Å²) in [6.07, 6.45) is 1.41. The predicted octanol–water partition coefficient (Wildman–Crippen LogP) is 4.50. The van der Waals surface area contributed by atoms with Gasteiger partial charge in [0.15, 0.2) is 0 Å². The zero-order valence-corrected chi connectivity index (χ0v) is 15.3. The highest BCUT2D eigenvalue weighted by Gasteiger charge is 2.10. The quantitative estimate of drug-likeness (QED) is 0.493. The van der Waals surface area contributed by atoms with E-state index >= 15 is 0 Å². The maximum absolute atomic E-state index is 12.8. The Morgan fingerprint density at radius 3 is 2.25 bits per heavy atom. The van der Waals surface area contributed by atoms with Crippen LogP contribution < -0.4 is 10.7 Å². The summed E-state index contributed by atoms with van der Waals surface area (Å²) >= 11 is 6.01. The zero-order chi connectivity index (χ0) is 19.9. The van der Waals surface area contributed by atoms with Gasteiger partial charge in [-0.15, -0.1) is 0 Å². The van der Waals surface area contributed by atoms with E-state index in [4.69, 9.17) is 11.6 Å². The smallest absolute Gasteiger partial charge is 0.271 e. The molecule has 5 nitrogen and oxygen atoms in total. The van der Waals surface area contributed by atoms with E-state index in [1.54, 1.807) is 60.7 Å². The fourth-order valence-electron chi connectivity index (χ4n) is 2.33. The lowest BCUT2D eigenvalue weighted by Crippen LogP contribution is -2.18. The van der Waals surface area contributed by atoms with Gasteiger partial charge in [-0.1, -0.05) is 35.9 Å². The molecule has 3 aromatic carbocycles. The molecule has 2 amide bonds. The van der Waals surface area contributed by atoms with Crippen molar-refractivity contribution in [1.82, 2.24) is 5.43 Å². The van der Waals surface area contributed by atoms with Gasteiger partial charge in [0.1, 0.15) is 5.82 Å². The van der Waals surface area contributed by atoms with Crippen molar-refractivity contribution in [3.05, 3.63) is 100 Å². The normalized spacial score (nSPS) is 10.6. The largest absolute Gasteiger partial charge is 0.322 e. The number of carbonyl (C=O) groups is 2. The monoisotopic (exact) mass is 395 g/mol. The van der Waals surface area contributed by atoms with Crippen LogP contribution in [0.3, 0.4) is 0 Å². The van der Waals surface area contributed by atoms with Crippen molar-refractivity contribution in [2.75, 3.05) is 5.32 Å². The number of hydrogen-bond donors (Lipinski definition) is 2. The molecule has 0 aliphatic heterocycles. The average Bonchev–Trinajstić information content (AvgIpc) is 2.70. The summed E-state index contributed by atoms with van der Waals surface area (Å²) in [7, 11) is 0. The Kier molecular flexibility index (Phi) is 6.14. The third-order valence-corrected chi connectivity index (χ3v) is 4.10. The lowest BCUT2D eigenvalue weighted by atomic mass is 10.1. The number of hydrazone groups is 1. The third-order valence-electron chi connectivity index (χ3n) is 3.77. The Bertz CT molecular complexity index is 1020. The van der Waals surface area contributed by atoms with Crippen LogP contribution in [0.5, 0.6) is 0 Å². The summed E-state index contributed by atoms with van der Waals surface area (Å²) in [5, 5.41) is 6.91. The van der Waals surface area contributed by atoms with Crippen LogP contribution in [0.1, 0.15) is 26.3 Å². The maximum atomic E-state index is 12.8. The van der Waals surface area contributed by atoms with Gasteiger partial charge in [0.25, 0.3) is 11.8 Å². The summed E-state index contributed by atoms with van der Waals surface area (Å²) in [6, 6.07) is 18.7. The molecule has 0 radical (unpaired) electrons. The molecule has 0 fully saturated rings. The highest BCUT2D eigenvalue weighted by molar-refractivity contribution is 6.34. The lowest BCUT2D eigenvalue weighted by Gasteiger charge is -2.07. The van der Waals surface area contributed by atoms with E-state index in [0.717, 1.165) is 0 Å². The number of rotatable bonds is 5. The van der Waals surface area contributed by atoms with E-state index in [-0.39, 0.29) is 11.7 Å². The molecule has 0 saturated carbocycles. The van der Waals surface area contributed by atoms with E-state index in [9.17, 15) is 14.0 Å². The molecule has 3 rings (SSSR count). The van der Waals surface area contributed by atoms with Crippen LogP contribution >= 0.6 is 11.6 Å². The van der Waals surface area contributed by atoms with Gasteiger partial charge in [-0.2, -0.15) is 5.10 Å². The number of benzene rings is 3. The molecule has 2 N–H and O–H groups in total. The standard InChI is InChI=1S/C21H15ClFN3O2/c22-19-4-2-1-3-18(19)21(28)25-17-11-7-15(8-12-17)20(27)26-24-13-14-5-9-16(23)10-6-14/h1-13H,(H,25,28)(H,26,27)/b24-13+. The van der Waals surface area contributed by atoms with Gasteiger partial charge in [-0.05, 0) is 54.1 Å². The summed E-state index contributed by atoms with van der Waals surface area (Å²) in [5.41, 5.74) is 4.29. The zero-order valence-electron chi connectivity index (χ0n) is 14.5. The van der Waals surface area contributed by atoms with Gasteiger partial charge in [0, 0.05) is 11.3 Å². The molecule has 0 heterocycles. The number of anilines is 1. The second kappa shape index (κ2) is 8.92. The van der Waals surface area contributed by atoms with Crippen molar-refractivity contribution in [2.24, 2.45) is 5.10 Å². The summed E-state index contributed by atoms with van der Waals surface area (Å²) in [6.45, 7) is 0. The van der Waals surface area contributed by atoms with Crippen molar-refractivity contribution < 1.29 is 14.0 Å². The highest BCUT2D eigenvalue weighted by Crippen LogP contribution is 2.17. The molecule has 0 aliphatic rings. The van der Waals surface area contributed by atoms with Crippen molar-refractivity contribution in [1.29, 1.82) is 0 Å². The molecule has 7 heteroatoms. The van der Waals surface area contributed by atoms with Gasteiger partial charge >= 0.3 is 0 Å². The predicted molar refractivity (Wildman–Crippen MR) is 107 cm³/mol. The van der Waals surface area contributed by atoms with Gasteiger partial charge in [0.05, 0.1) is 16.8 Å². The molecule has 0 atom stereocenters. The number of halogens is 2. The number of amides is 2. The number of carbonyl (C=O) groups excluding carboxylic acids is 2. The topological polar surface area (TPSA) is 70.6 Å². The number of nitrogens with zero attached hydrogens (tertiary/aromatic N) is 1. The van der Waals surface area contributed by atoms with Crippen LogP contribution in [-0.4, -0.2) is 18.0 Å². The Labute approximate surface area is 165 Å². The van der Waals surface area contributed by atoms with E-state index in [0.29, 0.717) is 27.4 Å². The first kappa shape index (κ1) is 19.3. The van der Waals surface area contributed by atoms with E-state index in [2.05, 4.69) is 15.8 Å². The summed E-state index contributed by atoms with van der Waals surface area (Å²) in [4.78, 5) is 24.3. The molecular formula is C21H15ClFN3O2. The number of nitrogens with one attached hydrogen (secondary N) is 2. The first-order chi connectivity index (χ1) is 13.5. The molecule has 0 bridgehead atoms. The molecule has 140 valence electrons. The average molecular weight is 396 g/mol. The van der Waals surface area contributed by atoms with Gasteiger partial charge in [-0.25, -0.2) is 9.82 Å². The molecule has 28 heavy (non-hydrogen) atoms. The minimum atomic E-state index is -0.414. The third kappa shape index (κ3) is 5.02. The minimum Gasteiger partial charge on any atom is -0.322 e. The van der Waals surface area contributed by atoms with Crippen LogP contribution in [-0.2, 0) is 0 Å². The van der Waals surface area contributed by atoms with Crippen molar-refractivity contribution in [2.45, 2.75) is 0 Å². The van der Waals surface area contributed by atoms with Crippen LogP contribution in [0, 0.1) is 5.82 Å². The fourth-order valence-corrected chi connectivity index (χ4v) is 2.55. The number of hydrogen-bond acceptors (Lipinski definition) is 3. The van der Waals surface area contributed by atoms with E-state index in [1.807, 2.05) is 0 Å². The highest BCUT2D eigenvalue weighted by atomic mass is 35.5. The van der Waals surface area contributed by atoms with Gasteiger partial charge in [0.2, 0.25) is 0 Å². The first-order valence-electron chi connectivity index (χ1n) is 8.28. The molecule has 0 saturated heterocycles. The Morgan fingerprint density at radius 2 is 1.57 bits per heavy atom. The second-order valence-electron chi connectivity index (χ2n) is 5.76. The van der Waals surface area contributed by atoms with Crippen LogP contribution in [0.15, 0.2) is 77.9 Å². The van der Waals surface area contributed by atoms with Crippen LogP contribution in [0.2, 0.25) is 5.02 Å². The Hall–Kier alpha value is -3.51. The minimum absolute atomic E-state index is 0.341. The second-order valence-corrected chi connectivity index (χ2v) is 6.17. The van der Waals surface area contributed by atoms with Crippen LogP contribution in [0.25, 0.3) is 0 Å². The molecule has 0 spiro atoms. The fraction of sp³-hybridized carbons (Fsp3) is 0. The van der Waals surface area contributed by atoms with Crippen molar-refractivity contribution >= 4 is 35.3 Å². The van der Waals surface area contributed by atoms with E-state index < -0.39 is 5.91 Å². The van der Waals surface area contributed by atoms with Gasteiger partial charge < -0.3 is 5.32 Å². The van der Waals surface area contributed by atoms with Crippen LogP contribution in [0.4, 0.5) is 10.1 Å². The lowest BCUT2D eigenvalue weighted by molar-refractivity contribution is 0.0954. The SMILES string of the molecule is O=C(N/N=C/c1ccc(F)cc1)c1ccc(NC(=O)c2ccccc2Cl)cc1. The maximum Gasteiger partial charge on any atom is 0.271 e. The summed E-state index contributed by atoms with van der Waals surface area (Å²) < 4.78 is 12.8. The molecule has 0 aliphatic carbocycles.